The zero-order valence-corrected chi connectivity index (χ0v) is 12.5. The maximum Gasteiger partial charge on any atom is 0.313 e. The molecule has 0 saturated heterocycles. The third kappa shape index (κ3) is 7.02. The highest BCUT2D eigenvalue weighted by Crippen LogP contribution is 2.09. The van der Waals surface area contributed by atoms with E-state index in [4.69, 9.17) is 4.74 Å². The largest absolute Gasteiger partial charge is 0.466 e. The van der Waals surface area contributed by atoms with Gasteiger partial charge >= 0.3 is 5.97 Å². The standard InChI is InChI=1S/C16H22O5/c1-3-20-16(19)10-14(17)9-15(18)12(2)21-11-13-7-5-4-6-8-13/h4-8,12,15,18H,3,9-11H2,1-2H3/t12-,15-/m1/s1. The fourth-order valence-corrected chi connectivity index (χ4v) is 1.76. The van der Waals surface area contributed by atoms with Crippen molar-refractivity contribution in [3.63, 3.8) is 0 Å². The van der Waals surface area contributed by atoms with Crippen LogP contribution < -0.4 is 0 Å². The zero-order valence-electron chi connectivity index (χ0n) is 12.5. The molecule has 0 fully saturated rings. The third-order valence-electron chi connectivity index (χ3n) is 2.98. The number of Topliss-reactive ketones (excluding diaryl/α,β-unsaturated/α-hetero) is 1. The number of carbonyl (C=O) groups excluding carboxylic acids is 2. The second-order valence-corrected chi connectivity index (χ2v) is 4.79. The van der Waals surface area contributed by atoms with Gasteiger partial charge in [-0.1, -0.05) is 30.3 Å². The molecule has 0 bridgehead atoms. The topological polar surface area (TPSA) is 72.8 Å². The Bertz CT molecular complexity index is 443. The van der Waals surface area contributed by atoms with Crippen molar-refractivity contribution in [3.05, 3.63) is 35.9 Å². The van der Waals surface area contributed by atoms with Crippen LogP contribution in [0, 0.1) is 0 Å². The first kappa shape index (κ1) is 17.3. The molecule has 0 unspecified atom stereocenters. The molecule has 0 aliphatic rings. The molecule has 5 heteroatoms. The Balaban J connectivity index is 2.31. The van der Waals surface area contributed by atoms with E-state index in [2.05, 4.69) is 4.74 Å². The number of hydrogen-bond donors (Lipinski definition) is 1. The number of benzene rings is 1. The number of aliphatic hydroxyl groups is 1. The van der Waals surface area contributed by atoms with Gasteiger partial charge in [0.25, 0.3) is 0 Å². The van der Waals surface area contributed by atoms with Crippen LogP contribution in [0.2, 0.25) is 0 Å². The van der Waals surface area contributed by atoms with E-state index in [0.717, 1.165) is 5.56 Å². The molecule has 0 saturated carbocycles. The van der Waals surface area contributed by atoms with Crippen LogP contribution in [0.25, 0.3) is 0 Å². The van der Waals surface area contributed by atoms with Crippen molar-refractivity contribution in [2.24, 2.45) is 0 Å². The highest BCUT2D eigenvalue weighted by Gasteiger charge is 2.20. The number of ketones is 1. The number of carbonyl (C=O) groups is 2. The van der Waals surface area contributed by atoms with Crippen LogP contribution in [0.3, 0.4) is 0 Å². The summed E-state index contributed by atoms with van der Waals surface area (Å²) in [5.41, 5.74) is 0.995. The normalized spacial score (nSPS) is 13.5. The number of esters is 1. The maximum atomic E-state index is 11.6. The molecule has 0 aliphatic carbocycles. The van der Waals surface area contributed by atoms with Gasteiger partial charge in [0.2, 0.25) is 0 Å². The first-order chi connectivity index (χ1) is 10.0. The molecule has 1 aromatic rings. The van der Waals surface area contributed by atoms with E-state index >= 15 is 0 Å². The molecule has 1 aromatic carbocycles. The van der Waals surface area contributed by atoms with Crippen molar-refractivity contribution >= 4 is 11.8 Å². The van der Waals surface area contributed by atoms with E-state index in [1.165, 1.54) is 0 Å². The van der Waals surface area contributed by atoms with Gasteiger partial charge in [0.05, 0.1) is 25.4 Å². The monoisotopic (exact) mass is 294 g/mol. The molecule has 21 heavy (non-hydrogen) atoms. The van der Waals surface area contributed by atoms with Crippen LogP contribution >= 0.6 is 0 Å². The predicted molar refractivity (Wildman–Crippen MR) is 77.6 cm³/mol. The van der Waals surface area contributed by atoms with Crippen molar-refractivity contribution in [3.8, 4) is 0 Å². The number of aliphatic hydroxyl groups excluding tert-OH is 1. The summed E-state index contributed by atoms with van der Waals surface area (Å²) >= 11 is 0. The molecular formula is C16H22O5. The Morgan fingerprint density at radius 3 is 2.52 bits per heavy atom. The van der Waals surface area contributed by atoms with Crippen LogP contribution in [-0.4, -0.2) is 35.7 Å². The minimum atomic E-state index is -0.935. The third-order valence-corrected chi connectivity index (χ3v) is 2.98. The van der Waals surface area contributed by atoms with E-state index in [1.807, 2.05) is 30.3 Å². The van der Waals surface area contributed by atoms with Gasteiger partial charge in [0.1, 0.15) is 12.2 Å². The van der Waals surface area contributed by atoms with Crippen LogP contribution in [0.5, 0.6) is 0 Å². The molecule has 0 spiro atoms. The summed E-state index contributed by atoms with van der Waals surface area (Å²) in [6.45, 7) is 3.98. The molecule has 0 heterocycles. The summed E-state index contributed by atoms with van der Waals surface area (Å²) in [6.07, 6.45) is -1.85. The summed E-state index contributed by atoms with van der Waals surface area (Å²) in [4.78, 5) is 22.8. The first-order valence-corrected chi connectivity index (χ1v) is 7.03. The molecule has 2 atom stereocenters. The number of hydrogen-bond acceptors (Lipinski definition) is 5. The van der Waals surface area contributed by atoms with Crippen molar-refractivity contribution in [2.75, 3.05) is 6.61 Å². The average Bonchev–Trinajstić information content (AvgIpc) is 2.45. The molecule has 1 rings (SSSR count). The molecule has 0 aliphatic heterocycles. The van der Waals surface area contributed by atoms with Crippen molar-refractivity contribution in [2.45, 2.75) is 45.5 Å². The Labute approximate surface area is 124 Å². The van der Waals surface area contributed by atoms with Crippen LogP contribution in [0.1, 0.15) is 32.3 Å². The van der Waals surface area contributed by atoms with E-state index in [0.29, 0.717) is 6.61 Å². The van der Waals surface area contributed by atoms with Gasteiger partial charge in [0, 0.05) is 6.42 Å². The molecule has 5 nitrogen and oxygen atoms in total. The van der Waals surface area contributed by atoms with Crippen molar-refractivity contribution < 1.29 is 24.2 Å². The van der Waals surface area contributed by atoms with E-state index in [1.54, 1.807) is 13.8 Å². The number of ether oxygens (including phenoxy) is 2. The minimum absolute atomic E-state index is 0.116. The summed E-state index contributed by atoms with van der Waals surface area (Å²) in [5.74, 6) is -0.913. The smallest absolute Gasteiger partial charge is 0.313 e. The Hall–Kier alpha value is -1.72. The van der Waals surface area contributed by atoms with Gasteiger partial charge in [-0.15, -0.1) is 0 Å². The Kier molecular flexibility index (Phi) is 7.64. The molecule has 116 valence electrons. The highest BCUT2D eigenvalue weighted by atomic mass is 16.5. The van der Waals surface area contributed by atoms with Gasteiger partial charge in [-0.3, -0.25) is 9.59 Å². The lowest BCUT2D eigenvalue weighted by Gasteiger charge is -2.19. The van der Waals surface area contributed by atoms with Gasteiger partial charge < -0.3 is 14.6 Å². The molecule has 0 amide bonds. The second kappa shape index (κ2) is 9.26. The van der Waals surface area contributed by atoms with Gasteiger partial charge in [-0.25, -0.2) is 0 Å². The SMILES string of the molecule is CCOC(=O)CC(=O)C[C@@H](O)[C@@H](C)OCc1ccccc1. The highest BCUT2D eigenvalue weighted by molar-refractivity contribution is 5.95. The molecule has 0 aromatic heterocycles. The number of rotatable bonds is 9. The van der Waals surface area contributed by atoms with Crippen LogP contribution in [-0.2, 0) is 25.7 Å². The maximum absolute atomic E-state index is 11.6. The average molecular weight is 294 g/mol. The lowest BCUT2D eigenvalue weighted by Crippen LogP contribution is -2.29. The molecule has 0 radical (unpaired) electrons. The fraction of sp³-hybridized carbons (Fsp3) is 0.500. The Morgan fingerprint density at radius 1 is 1.24 bits per heavy atom. The molecular weight excluding hydrogens is 272 g/mol. The fourth-order valence-electron chi connectivity index (χ4n) is 1.76. The summed E-state index contributed by atoms with van der Waals surface area (Å²) < 4.78 is 10.2. The second-order valence-electron chi connectivity index (χ2n) is 4.79. The lowest BCUT2D eigenvalue weighted by atomic mass is 10.1. The first-order valence-electron chi connectivity index (χ1n) is 7.03. The zero-order chi connectivity index (χ0) is 15.7. The van der Waals surface area contributed by atoms with Crippen LogP contribution in [0.15, 0.2) is 30.3 Å². The summed E-state index contributed by atoms with van der Waals surface area (Å²) in [6, 6.07) is 9.57. The van der Waals surface area contributed by atoms with E-state index in [9.17, 15) is 14.7 Å². The quantitative estimate of drug-likeness (QED) is 0.556. The van der Waals surface area contributed by atoms with E-state index in [-0.39, 0.29) is 25.2 Å². The summed E-state index contributed by atoms with van der Waals surface area (Å²) in [5, 5.41) is 9.91. The van der Waals surface area contributed by atoms with Gasteiger partial charge in [0.15, 0.2) is 0 Å². The van der Waals surface area contributed by atoms with Gasteiger partial charge in [-0.2, -0.15) is 0 Å². The summed E-state index contributed by atoms with van der Waals surface area (Å²) in [7, 11) is 0. The predicted octanol–water partition coefficient (Wildman–Crippen LogP) is 1.87. The minimum Gasteiger partial charge on any atom is -0.466 e. The Morgan fingerprint density at radius 2 is 1.90 bits per heavy atom. The van der Waals surface area contributed by atoms with Gasteiger partial charge in [-0.05, 0) is 19.4 Å². The lowest BCUT2D eigenvalue weighted by molar-refractivity contribution is -0.146. The molecule has 1 N–H and O–H groups in total. The van der Waals surface area contributed by atoms with E-state index < -0.39 is 18.2 Å². The van der Waals surface area contributed by atoms with Crippen molar-refractivity contribution in [1.29, 1.82) is 0 Å². The van der Waals surface area contributed by atoms with Crippen LogP contribution in [0.4, 0.5) is 0 Å². The van der Waals surface area contributed by atoms with Crippen molar-refractivity contribution in [1.82, 2.24) is 0 Å².